The summed E-state index contributed by atoms with van der Waals surface area (Å²) in [5.74, 6) is 0.419. The lowest BCUT2D eigenvalue weighted by Crippen LogP contribution is -2.46. The second-order valence-electron chi connectivity index (χ2n) is 3.04. The summed E-state index contributed by atoms with van der Waals surface area (Å²) in [5, 5.41) is 0. The van der Waals surface area contributed by atoms with Crippen LogP contribution >= 0.6 is 11.6 Å². The van der Waals surface area contributed by atoms with Crippen LogP contribution in [0.25, 0.3) is 0 Å². The SMILES string of the molecule is C=C(CCl)C[Si](OCC)(OCC)OCC. The maximum absolute atomic E-state index is 5.71. The summed E-state index contributed by atoms with van der Waals surface area (Å²) in [6.45, 7) is 11.4. The highest BCUT2D eigenvalue weighted by atomic mass is 35.5. The molecule has 0 aromatic rings. The molecule has 0 aliphatic carbocycles. The van der Waals surface area contributed by atoms with Crippen LogP contribution < -0.4 is 0 Å². The molecule has 0 amide bonds. The topological polar surface area (TPSA) is 27.7 Å². The summed E-state index contributed by atoms with van der Waals surface area (Å²) in [4.78, 5) is 0. The van der Waals surface area contributed by atoms with Crippen molar-refractivity contribution in [3.05, 3.63) is 12.2 Å². The largest absolute Gasteiger partial charge is 0.505 e. The number of hydrogen-bond acceptors (Lipinski definition) is 3. The normalized spacial score (nSPS) is 11.7. The molecule has 0 spiro atoms. The summed E-state index contributed by atoms with van der Waals surface area (Å²) in [5.41, 5.74) is 0.902. The van der Waals surface area contributed by atoms with Crippen molar-refractivity contribution < 1.29 is 13.3 Å². The van der Waals surface area contributed by atoms with Gasteiger partial charge in [-0.3, -0.25) is 0 Å². The van der Waals surface area contributed by atoms with E-state index in [1.807, 2.05) is 20.8 Å². The average Bonchev–Trinajstić information content (AvgIpc) is 2.18. The maximum atomic E-state index is 5.71. The molecule has 0 bridgehead atoms. The second kappa shape index (κ2) is 8.30. The smallest absolute Gasteiger partial charge is 0.374 e. The molecule has 5 heteroatoms. The van der Waals surface area contributed by atoms with E-state index in [0.717, 1.165) is 5.57 Å². The molecule has 0 rings (SSSR count). The van der Waals surface area contributed by atoms with Crippen molar-refractivity contribution in [2.75, 3.05) is 25.7 Å². The lowest BCUT2D eigenvalue weighted by Gasteiger charge is -2.28. The predicted octanol–water partition coefficient (Wildman–Crippen LogP) is 2.83. The molecule has 0 heterocycles. The number of allylic oxidation sites excluding steroid dienone is 1. The summed E-state index contributed by atoms with van der Waals surface area (Å²) in [6.07, 6.45) is 0. The van der Waals surface area contributed by atoms with E-state index in [4.69, 9.17) is 24.9 Å². The van der Waals surface area contributed by atoms with Gasteiger partial charge in [0.1, 0.15) is 0 Å². The molecule has 0 unspecified atom stereocenters. The monoisotopic (exact) mass is 252 g/mol. The number of alkyl halides is 1. The van der Waals surface area contributed by atoms with Crippen LogP contribution in [0.2, 0.25) is 6.04 Å². The Bertz CT molecular complexity index is 170. The first-order chi connectivity index (χ1) is 7.14. The Morgan fingerprint density at radius 1 is 1.07 bits per heavy atom. The van der Waals surface area contributed by atoms with E-state index in [1.54, 1.807) is 0 Å². The molecule has 0 N–H and O–H groups in total. The molecule has 3 nitrogen and oxygen atoms in total. The number of halogens is 1. The lowest BCUT2D eigenvalue weighted by atomic mass is 10.4. The Hall–Kier alpha value is 0.127. The van der Waals surface area contributed by atoms with Gasteiger partial charge < -0.3 is 13.3 Å². The third kappa shape index (κ3) is 5.68. The fourth-order valence-electron chi connectivity index (χ4n) is 1.29. The van der Waals surface area contributed by atoms with Crippen molar-refractivity contribution in [2.24, 2.45) is 0 Å². The summed E-state index contributed by atoms with van der Waals surface area (Å²) >= 11 is 5.71. The van der Waals surface area contributed by atoms with Gasteiger partial charge in [0.25, 0.3) is 0 Å². The Morgan fingerprint density at radius 2 is 1.47 bits per heavy atom. The van der Waals surface area contributed by atoms with Crippen LogP contribution in [0.15, 0.2) is 12.2 Å². The average molecular weight is 253 g/mol. The van der Waals surface area contributed by atoms with E-state index in [2.05, 4.69) is 6.58 Å². The molecule has 0 atom stereocenters. The van der Waals surface area contributed by atoms with E-state index in [0.29, 0.717) is 31.7 Å². The van der Waals surface area contributed by atoms with E-state index in [9.17, 15) is 0 Å². The fourth-order valence-corrected chi connectivity index (χ4v) is 4.16. The molecule has 0 saturated heterocycles. The van der Waals surface area contributed by atoms with Gasteiger partial charge in [0.05, 0.1) is 0 Å². The summed E-state index contributed by atoms with van der Waals surface area (Å²) in [6, 6.07) is 0.603. The highest BCUT2D eigenvalue weighted by molar-refractivity contribution is 6.61. The molecule has 0 fully saturated rings. The van der Waals surface area contributed by atoms with Gasteiger partial charge in [0.15, 0.2) is 0 Å². The maximum Gasteiger partial charge on any atom is 0.505 e. The Labute approximate surface area is 98.7 Å². The van der Waals surface area contributed by atoms with E-state index in [1.165, 1.54) is 0 Å². The quantitative estimate of drug-likeness (QED) is 0.359. The minimum atomic E-state index is -2.56. The lowest BCUT2D eigenvalue weighted by molar-refractivity contribution is 0.0737. The molecule has 0 aliphatic heterocycles. The van der Waals surface area contributed by atoms with Gasteiger partial charge in [-0.15, -0.1) is 11.6 Å². The minimum absolute atomic E-state index is 0.419. The highest BCUT2D eigenvalue weighted by Gasteiger charge is 2.40. The van der Waals surface area contributed by atoms with Crippen LogP contribution in [0.1, 0.15) is 20.8 Å². The first-order valence-electron chi connectivity index (χ1n) is 5.28. The van der Waals surface area contributed by atoms with Gasteiger partial charge in [-0.1, -0.05) is 12.2 Å². The fraction of sp³-hybridized carbons (Fsp3) is 0.800. The first-order valence-corrected chi connectivity index (χ1v) is 7.75. The highest BCUT2D eigenvalue weighted by Crippen LogP contribution is 2.21. The van der Waals surface area contributed by atoms with Crippen LogP contribution in [-0.4, -0.2) is 34.5 Å². The third-order valence-electron chi connectivity index (χ3n) is 1.75. The summed E-state index contributed by atoms with van der Waals surface area (Å²) in [7, 11) is -2.56. The van der Waals surface area contributed by atoms with E-state index in [-0.39, 0.29) is 0 Å². The molecular formula is C10H21ClO3Si. The zero-order valence-electron chi connectivity index (χ0n) is 9.85. The summed E-state index contributed by atoms with van der Waals surface area (Å²) < 4.78 is 17.0. The zero-order valence-corrected chi connectivity index (χ0v) is 11.6. The van der Waals surface area contributed by atoms with Gasteiger partial charge in [0.2, 0.25) is 0 Å². The zero-order chi connectivity index (χ0) is 11.7. The van der Waals surface area contributed by atoms with E-state index >= 15 is 0 Å². The van der Waals surface area contributed by atoms with Crippen LogP contribution in [-0.2, 0) is 13.3 Å². The van der Waals surface area contributed by atoms with Crippen molar-refractivity contribution in [1.29, 1.82) is 0 Å². The first kappa shape index (κ1) is 15.1. The Kier molecular flexibility index (Phi) is 8.37. The van der Waals surface area contributed by atoms with E-state index < -0.39 is 8.80 Å². The van der Waals surface area contributed by atoms with Gasteiger partial charge in [-0.2, -0.15) is 0 Å². The standard InChI is InChI=1S/C10H21ClO3Si/c1-5-12-15(13-6-2,14-7-3)9-10(4)8-11/h4-9H2,1-3H3. The van der Waals surface area contributed by atoms with Crippen molar-refractivity contribution in [3.8, 4) is 0 Å². The molecule has 90 valence electrons. The van der Waals surface area contributed by atoms with Gasteiger partial charge in [-0.25, -0.2) is 0 Å². The van der Waals surface area contributed by atoms with Crippen molar-refractivity contribution in [2.45, 2.75) is 26.8 Å². The Morgan fingerprint density at radius 3 is 1.73 bits per heavy atom. The van der Waals surface area contributed by atoms with Gasteiger partial charge in [-0.05, 0) is 20.8 Å². The van der Waals surface area contributed by atoms with Crippen LogP contribution in [0.5, 0.6) is 0 Å². The molecule has 0 aliphatic rings. The van der Waals surface area contributed by atoms with Crippen molar-refractivity contribution >= 4 is 20.4 Å². The molecule has 0 aromatic heterocycles. The van der Waals surface area contributed by atoms with Crippen molar-refractivity contribution in [3.63, 3.8) is 0 Å². The number of hydrogen-bond donors (Lipinski definition) is 0. The third-order valence-corrected chi connectivity index (χ3v) is 5.24. The van der Waals surface area contributed by atoms with Gasteiger partial charge >= 0.3 is 8.80 Å². The molecule has 0 saturated carbocycles. The predicted molar refractivity (Wildman–Crippen MR) is 65.3 cm³/mol. The van der Waals surface area contributed by atoms with Crippen LogP contribution in [0, 0.1) is 0 Å². The Balaban J connectivity index is 4.51. The number of rotatable bonds is 9. The van der Waals surface area contributed by atoms with Crippen LogP contribution in [0.4, 0.5) is 0 Å². The second-order valence-corrected chi connectivity index (χ2v) is 5.90. The molecular weight excluding hydrogens is 232 g/mol. The van der Waals surface area contributed by atoms with Crippen molar-refractivity contribution in [1.82, 2.24) is 0 Å². The van der Waals surface area contributed by atoms with Gasteiger partial charge in [0, 0.05) is 31.7 Å². The van der Waals surface area contributed by atoms with Crippen LogP contribution in [0.3, 0.4) is 0 Å². The molecule has 0 aromatic carbocycles. The minimum Gasteiger partial charge on any atom is -0.374 e. The molecule has 0 radical (unpaired) electrons. The molecule has 15 heavy (non-hydrogen) atoms.